The number of benzene rings is 3. The molecule has 0 N–H and O–H groups in total. The SMILES string of the molecule is CCOC(=O)CC1c2sc3nnc(-c4ccccc4)c(-c4ccccc4)c3c2N=C(N2CCSCC2)N1c1ccccc1. The summed E-state index contributed by atoms with van der Waals surface area (Å²) in [4.78, 5) is 25.1. The van der Waals surface area contributed by atoms with E-state index in [9.17, 15) is 4.79 Å². The molecule has 4 heterocycles. The predicted molar refractivity (Wildman–Crippen MR) is 177 cm³/mol. The van der Waals surface area contributed by atoms with Gasteiger partial charge in [-0.05, 0) is 24.6 Å². The number of para-hydroxylation sites is 1. The number of rotatable bonds is 6. The van der Waals surface area contributed by atoms with Gasteiger partial charge in [0.25, 0.3) is 0 Å². The van der Waals surface area contributed by atoms with Gasteiger partial charge < -0.3 is 14.5 Å². The lowest BCUT2D eigenvalue weighted by molar-refractivity contribution is -0.143. The number of hydrogen-bond acceptors (Lipinski definition) is 9. The van der Waals surface area contributed by atoms with Gasteiger partial charge in [0, 0.05) is 46.8 Å². The zero-order valence-electron chi connectivity index (χ0n) is 23.8. The molecule has 43 heavy (non-hydrogen) atoms. The molecule has 2 aliphatic rings. The molecule has 0 radical (unpaired) electrons. The molecule has 1 fully saturated rings. The number of anilines is 1. The molecule has 1 saturated heterocycles. The second-order valence-corrected chi connectivity index (χ2v) is 12.6. The summed E-state index contributed by atoms with van der Waals surface area (Å²) < 4.78 is 5.52. The van der Waals surface area contributed by atoms with Gasteiger partial charge in [0.1, 0.15) is 10.5 Å². The van der Waals surface area contributed by atoms with E-state index in [0.717, 1.165) is 79.4 Å². The lowest BCUT2D eigenvalue weighted by atomic mass is 9.95. The van der Waals surface area contributed by atoms with Crippen LogP contribution in [0.25, 0.3) is 32.6 Å². The van der Waals surface area contributed by atoms with Crippen molar-refractivity contribution >= 4 is 56.6 Å². The smallest absolute Gasteiger partial charge is 0.308 e. The number of esters is 1. The van der Waals surface area contributed by atoms with Crippen LogP contribution in [-0.2, 0) is 9.53 Å². The summed E-state index contributed by atoms with van der Waals surface area (Å²) in [5.41, 5.74) is 5.75. The zero-order valence-corrected chi connectivity index (χ0v) is 25.5. The number of nitrogens with zero attached hydrogens (tertiary/aromatic N) is 5. The van der Waals surface area contributed by atoms with Crippen LogP contribution < -0.4 is 4.90 Å². The van der Waals surface area contributed by atoms with Crippen molar-refractivity contribution in [3.63, 3.8) is 0 Å². The van der Waals surface area contributed by atoms with Gasteiger partial charge in [-0.1, -0.05) is 78.9 Å². The fourth-order valence-electron chi connectivity index (χ4n) is 5.85. The van der Waals surface area contributed by atoms with Crippen LogP contribution >= 0.6 is 23.1 Å². The molecule has 0 amide bonds. The van der Waals surface area contributed by atoms with Crippen LogP contribution in [0.4, 0.5) is 11.4 Å². The summed E-state index contributed by atoms with van der Waals surface area (Å²) >= 11 is 3.54. The van der Waals surface area contributed by atoms with Gasteiger partial charge in [-0.2, -0.15) is 11.8 Å². The Morgan fingerprint density at radius 3 is 2.21 bits per heavy atom. The van der Waals surface area contributed by atoms with E-state index >= 15 is 0 Å². The third-order valence-electron chi connectivity index (χ3n) is 7.76. The minimum Gasteiger partial charge on any atom is -0.466 e. The standard InChI is InChI=1S/C34H31N5O2S2/c1-2-41-27(40)22-26-32-31(35-34(38-18-20-42-21-19-38)39(26)25-16-10-5-11-17-25)29-28(23-12-6-3-7-13-23)30(36-37-33(29)43-32)24-14-8-4-9-15-24/h3-17,26H,2,18-22H2,1H3. The molecular formula is C34H31N5O2S2. The largest absolute Gasteiger partial charge is 0.466 e. The van der Waals surface area contributed by atoms with E-state index in [0.29, 0.717) is 6.61 Å². The van der Waals surface area contributed by atoms with E-state index in [2.05, 4.69) is 58.3 Å². The summed E-state index contributed by atoms with van der Waals surface area (Å²) in [7, 11) is 0. The molecule has 216 valence electrons. The lowest BCUT2D eigenvalue weighted by Gasteiger charge is -2.42. The van der Waals surface area contributed by atoms with Crippen LogP contribution in [0, 0.1) is 0 Å². The number of aromatic nitrogens is 2. The van der Waals surface area contributed by atoms with Gasteiger partial charge in [-0.3, -0.25) is 4.79 Å². The molecular weight excluding hydrogens is 575 g/mol. The Hall–Kier alpha value is -4.21. The maximum atomic E-state index is 13.2. The Morgan fingerprint density at radius 1 is 0.884 bits per heavy atom. The number of carbonyl (C=O) groups is 1. The molecule has 5 aromatic rings. The first-order valence-electron chi connectivity index (χ1n) is 14.6. The van der Waals surface area contributed by atoms with E-state index in [1.807, 2.05) is 61.2 Å². The van der Waals surface area contributed by atoms with E-state index in [1.54, 1.807) is 11.3 Å². The van der Waals surface area contributed by atoms with Gasteiger partial charge >= 0.3 is 5.97 Å². The van der Waals surface area contributed by atoms with Crippen molar-refractivity contribution in [1.82, 2.24) is 15.1 Å². The Balaban J connectivity index is 1.53. The highest BCUT2D eigenvalue weighted by Crippen LogP contribution is 2.52. The van der Waals surface area contributed by atoms with E-state index < -0.39 is 0 Å². The molecule has 3 aromatic carbocycles. The van der Waals surface area contributed by atoms with Gasteiger partial charge in [0.05, 0.1) is 29.6 Å². The molecule has 2 aromatic heterocycles. The van der Waals surface area contributed by atoms with Crippen molar-refractivity contribution in [2.45, 2.75) is 19.4 Å². The predicted octanol–water partition coefficient (Wildman–Crippen LogP) is 7.58. The number of aliphatic imine (C=N–C) groups is 1. The lowest BCUT2D eigenvalue weighted by Crippen LogP contribution is -2.50. The molecule has 0 bridgehead atoms. The maximum absolute atomic E-state index is 13.2. The van der Waals surface area contributed by atoms with Gasteiger partial charge in [0.2, 0.25) is 5.96 Å². The number of guanidine groups is 1. The van der Waals surface area contributed by atoms with E-state index in [1.165, 1.54) is 0 Å². The van der Waals surface area contributed by atoms with Gasteiger partial charge in [-0.25, -0.2) is 4.99 Å². The number of thioether (sulfide) groups is 1. The summed E-state index contributed by atoms with van der Waals surface area (Å²) in [6, 6.07) is 30.5. The fourth-order valence-corrected chi connectivity index (χ4v) is 7.91. The topological polar surface area (TPSA) is 70.9 Å². The molecule has 1 unspecified atom stereocenters. The number of hydrogen-bond donors (Lipinski definition) is 0. The highest BCUT2D eigenvalue weighted by atomic mass is 32.2. The summed E-state index contributed by atoms with van der Waals surface area (Å²) in [6.45, 7) is 3.96. The number of ether oxygens (including phenoxy) is 1. The van der Waals surface area contributed by atoms with Gasteiger partial charge in [-0.15, -0.1) is 21.5 Å². The van der Waals surface area contributed by atoms with E-state index in [4.69, 9.17) is 19.9 Å². The number of fused-ring (bicyclic) bond motifs is 3. The monoisotopic (exact) mass is 605 g/mol. The molecule has 7 rings (SSSR count). The fraction of sp³-hybridized carbons (Fsp3) is 0.235. The van der Waals surface area contributed by atoms with Gasteiger partial charge in [0.15, 0.2) is 0 Å². The second-order valence-electron chi connectivity index (χ2n) is 10.4. The molecule has 9 heteroatoms. The van der Waals surface area contributed by atoms with Crippen LogP contribution in [-0.4, -0.2) is 58.2 Å². The highest BCUT2D eigenvalue weighted by Gasteiger charge is 2.39. The van der Waals surface area contributed by atoms with E-state index in [-0.39, 0.29) is 18.4 Å². The van der Waals surface area contributed by atoms with Crippen molar-refractivity contribution in [3.05, 3.63) is 95.9 Å². The first-order chi connectivity index (χ1) is 21.2. The quantitative estimate of drug-likeness (QED) is 0.185. The Bertz CT molecular complexity index is 1770. The maximum Gasteiger partial charge on any atom is 0.308 e. The average Bonchev–Trinajstić information content (AvgIpc) is 3.45. The van der Waals surface area contributed by atoms with Crippen LogP contribution in [0.2, 0.25) is 0 Å². The van der Waals surface area contributed by atoms with Crippen LogP contribution in [0.15, 0.2) is 96.0 Å². The second kappa shape index (κ2) is 12.2. The summed E-state index contributed by atoms with van der Waals surface area (Å²) in [5.74, 6) is 2.69. The average molecular weight is 606 g/mol. The molecule has 0 spiro atoms. The van der Waals surface area contributed by atoms with Crippen LogP contribution in [0.3, 0.4) is 0 Å². The first kappa shape index (κ1) is 27.6. The Kier molecular flexibility index (Phi) is 7.82. The first-order valence-corrected chi connectivity index (χ1v) is 16.5. The zero-order chi connectivity index (χ0) is 29.2. The molecule has 2 aliphatic heterocycles. The highest BCUT2D eigenvalue weighted by molar-refractivity contribution is 7.99. The summed E-state index contributed by atoms with van der Waals surface area (Å²) in [6.07, 6.45) is 0.198. The Labute approximate surface area is 259 Å². The molecule has 0 saturated carbocycles. The van der Waals surface area contributed by atoms with Crippen molar-refractivity contribution in [2.24, 2.45) is 4.99 Å². The minimum atomic E-state index is -0.304. The van der Waals surface area contributed by atoms with Crippen molar-refractivity contribution < 1.29 is 9.53 Å². The number of carbonyl (C=O) groups excluding carboxylic acids is 1. The molecule has 1 atom stereocenters. The number of thiophene rings is 1. The third-order valence-corrected chi connectivity index (χ3v) is 9.87. The van der Waals surface area contributed by atoms with Crippen LogP contribution in [0.1, 0.15) is 24.3 Å². The molecule has 7 nitrogen and oxygen atoms in total. The van der Waals surface area contributed by atoms with Crippen molar-refractivity contribution in [3.8, 4) is 22.4 Å². The molecule has 0 aliphatic carbocycles. The summed E-state index contributed by atoms with van der Waals surface area (Å²) in [5, 5.41) is 10.6. The Morgan fingerprint density at radius 2 is 1.53 bits per heavy atom. The third kappa shape index (κ3) is 5.28. The minimum absolute atomic E-state index is 0.198. The van der Waals surface area contributed by atoms with Crippen molar-refractivity contribution in [1.29, 1.82) is 0 Å². The van der Waals surface area contributed by atoms with Crippen molar-refractivity contribution in [2.75, 3.05) is 36.1 Å². The normalized spacial score (nSPS) is 16.6. The van der Waals surface area contributed by atoms with Crippen LogP contribution in [0.5, 0.6) is 0 Å².